The molecule has 22 heavy (non-hydrogen) atoms. The first kappa shape index (κ1) is 15.9. The molecule has 1 aromatic carbocycles. The molecule has 0 aliphatic carbocycles. The molecule has 2 rings (SSSR count). The Morgan fingerprint density at radius 2 is 1.95 bits per heavy atom. The highest BCUT2D eigenvalue weighted by Crippen LogP contribution is 2.29. The van der Waals surface area contributed by atoms with Gasteiger partial charge >= 0.3 is 5.69 Å². The molecule has 10 heteroatoms. The maximum absolute atomic E-state index is 11.0. The van der Waals surface area contributed by atoms with Gasteiger partial charge in [0.2, 0.25) is 0 Å². The molecule has 114 valence electrons. The van der Waals surface area contributed by atoms with Crippen LogP contribution in [0.15, 0.2) is 35.4 Å². The van der Waals surface area contributed by atoms with E-state index in [-0.39, 0.29) is 11.4 Å². The zero-order valence-electron chi connectivity index (χ0n) is 11.1. The Morgan fingerprint density at radius 1 is 1.23 bits per heavy atom. The summed E-state index contributed by atoms with van der Waals surface area (Å²) in [6.45, 7) is 1.71. The second kappa shape index (κ2) is 6.50. The van der Waals surface area contributed by atoms with Gasteiger partial charge in [0.15, 0.2) is 0 Å². The number of thiophene rings is 1. The Labute approximate surface area is 133 Å². The summed E-state index contributed by atoms with van der Waals surface area (Å²) in [5.41, 5.74) is 2.43. The molecule has 1 aromatic heterocycles. The van der Waals surface area contributed by atoms with Gasteiger partial charge in [-0.2, -0.15) is 5.10 Å². The molecule has 0 aliphatic heterocycles. The molecule has 0 fully saturated rings. The van der Waals surface area contributed by atoms with Gasteiger partial charge in [-0.1, -0.05) is 11.6 Å². The van der Waals surface area contributed by atoms with Crippen LogP contribution in [0.4, 0.5) is 17.1 Å². The molecular formula is C12H9ClN4O4S. The summed E-state index contributed by atoms with van der Waals surface area (Å²) in [5.74, 6) is 0. The zero-order chi connectivity index (χ0) is 16.3. The fraction of sp³-hybridized carbons (Fsp3) is 0.0833. The van der Waals surface area contributed by atoms with Gasteiger partial charge in [-0.05, 0) is 25.1 Å². The van der Waals surface area contributed by atoms with Crippen LogP contribution < -0.4 is 5.43 Å². The van der Waals surface area contributed by atoms with Gasteiger partial charge in [-0.15, -0.1) is 11.3 Å². The first-order valence-corrected chi connectivity index (χ1v) is 7.07. The monoisotopic (exact) mass is 340 g/mol. The van der Waals surface area contributed by atoms with E-state index in [1.165, 1.54) is 23.5 Å². The summed E-state index contributed by atoms with van der Waals surface area (Å²) >= 11 is 7.14. The van der Waals surface area contributed by atoms with Crippen LogP contribution in [-0.4, -0.2) is 15.6 Å². The van der Waals surface area contributed by atoms with Crippen molar-refractivity contribution in [3.05, 3.63) is 59.8 Å². The predicted molar refractivity (Wildman–Crippen MR) is 84.9 cm³/mol. The highest BCUT2D eigenvalue weighted by Gasteiger charge is 2.19. The molecule has 0 amide bonds. The highest BCUT2D eigenvalue weighted by atomic mass is 35.5. The predicted octanol–water partition coefficient (Wildman–Crippen LogP) is 4.05. The molecule has 0 atom stereocenters. The molecule has 0 bridgehead atoms. The van der Waals surface area contributed by atoms with Crippen LogP contribution in [0.5, 0.6) is 0 Å². The number of hydrogen-bond donors (Lipinski definition) is 1. The van der Waals surface area contributed by atoms with Crippen LogP contribution in [0, 0.1) is 20.2 Å². The maximum atomic E-state index is 11.0. The van der Waals surface area contributed by atoms with Gasteiger partial charge in [0.25, 0.3) is 5.69 Å². The third-order valence-electron chi connectivity index (χ3n) is 2.66. The van der Waals surface area contributed by atoms with Crippen molar-refractivity contribution in [3.63, 3.8) is 0 Å². The highest BCUT2D eigenvalue weighted by molar-refractivity contribution is 7.18. The number of nitro benzene ring substituents is 2. The topological polar surface area (TPSA) is 111 Å². The summed E-state index contributed by atoms with van der Waals surface area (Å²) in [6.07, 6.45) is 0. The number of benzene rings is 1. The van der Waals surface area contributed by atoms with Crippen molar-refractivity contribution in [3.8, 4) is 0 Å². The molecule has 1 N–H and O–H groups in total. The van der Waals surface area contributed by atoms with Crippen molar-refractivity contribution in [2.45, 2.75) is 6.92 Å². The van der Waals surface area contributed by atoms with E-state index >= 15 is 0 Å². The smallest absolute Gasteiger partial charge is 0.271 e. The molecule has 0 unspecified atom stereocenters. The van der Waals surface area contributed by atoms with Gasteiger partial charge in [-0.25, -0.2) is 0 Å². The number of rotatable bonds is 5. The minimum atomic E-state index is -0.706. The Hall–Kier alpha value is -2.52. The maximum Gasteiger partial charge on any atom is 0.301 e. The van der Waals surface area contributed by atoms with Crippen molar-refractivity contribution >= 4 is 45.7 Å². The van der Waals surface area contributed by atoms with E-state index in [1.54, 1.807) is 19.1 Å². The number of hydrazone groups is 1. The minimum absolute atomic E-state index is 0.0672. The third kappa shape index (κ3) is 3.57. The molecule has 0 saturated carbocycles. The van der Waals surface area contributed by atoms with Crippen molar-refractivity contribution in [2.24, 2.45) is 5.10 Å². The minimum Gasteiger partial charge on any atom is -0.271 e. The SMILES string of the molecule is C/C(=N/Nc1ccc([N+](=O)[O-])cc1[N+](=O)[O-])c1ccc(Cl)s1. The Kier molecular flexibility index (Phi) is 4.68. The van der Waals surface area contributed by atoms with Crippen molar-refractivity contribution < 1.29 is 9.85 Å². The number of nitro groups is 2. The van der Waals surface area contributed by atoms with E-state index in [1.807, 2.05) is 0 Å². The second-order valence-electron chi connectivity index (χ2n) is 4.13. The summed E-state index contributed by atoms with van der Waals surface area (Å²) in [7, 11) is 0. The van der Waals surface area contributed by atoms with Gasteiger partial charge in [0.05, 0.1) is 30.8 Å². The van der Waals surface area contributed by atoms with Gasteiger partial charge in [0.1, 0.15) is 5.69 Å². The molecule has 0 aliphatic rings. The summed E-state index contributed by atoms with van der Waals surface area (Å²) in [4.78, 5) is 21.1. The van der Waals surface area contributed by atoms with Crippen LogP contribution >= 0.6 is 22.9 Å². The van der Waals surface area contributed by atoms with E-state index in [9.17, 15) is 20.2 Å². The van der Waals surface area contributed by atoms with E-state index < -0.39 is 15.5 Å². The number of hydrogen-bond acceptors (Lipinski definition) is 7. The van der Waals surface area contributed by atoms with Crippen molar-refractivity contribution in [2.75, 3.05) is 5.43 Å². The quantitative estimate of drug-likeness (QED) is 0.501. The van der Waals surface area contributed by atoms with E-state index in [4.69, 9.17) is 11.6 Å². The molecule has 0 saturated heterocycles. The first-order valence-electron chi connectivity index (χ1n) is 5.87. The molecule has 8 nitrogen and oxygen atoms in total. The first-order chi connectivity index (χ1) is 10.4. The van der Waals surface area contributed by atoms with Gasteiger partial charge < -0.3 is 0 Å². The molecule has 2 aromatic rings. The number of nitrogens with zero attached hydrogens (tertiary/aromatic N) is 3. The summed E-state index contributed by atoms with van der Waals surface area (Å²) in [5, 5.41) is 25.7. The number of anilines is 1. The summed E-state index contributed by atoms with van der Waals surface area (Å²) in [6, 6.07) is 6.79. The fourth-order valence-corrected chi connectivity index (χ4v) is 2.58. The van der Waals surface area contributed by atoms with Crippen LogP contribution in [0.1, 0.15) is 11.8 Å². The second-order valence-corrected chi connectivity index (χ2v) is 5.84. The Morgan fingerprint density at radius 3 is 2.50 bits per heavy atom. The van der Waals surface area contributed by atoms with E-state index in [2.05, 4.69) is 10.5 Å². The lowest BCUT2D eigenvalue weighted by Gasteiger charge is -2.03. The average Bonchev–Trinajstić information content (AvgIpc) is 2.91. The van der Waals surface area contributed by atoms with Crippen LogP contribution in [-0.2, 0) is 0 Å². The Bertz CT molecular complexity index is 774. The van der Waals surface area contributed by atoms with Gasteiger partial charge in [0, 0.05) is 6.07 Å². The lowest BCUT2D eigenvalue weighted by molar-refractivity contribution is -0.393. The lowest BCUT2D eigenvalue weighted by atomic mass is 10.2. The standard InChI is InChI=1S/C12H9ClN4O4S/c1-7(11-4-5-12(13)22-11)14-15-9-3-2-8(16(18)19)6-10(9)17(20)21/h2-6,15H,1H3/b14-7-. The average molecular weight is 341 g/mol. The molecule has 0 radical (unpaired) electrons. The summed E-state index contributed by atoms with van der Waals surface area (Å²) < 4.78 is 0.603. The number of halogens is 1. The molecular weight excluding hydrogens is 332 g/mol. The number of non-ortho nitro benzene ring substituents is 1. The van der Waals surface area contributed by atoms with Crippen LogP contribution in [0.3, 0.4) is 0 Å². The molecule has 0 spiro atoms. The van der Waals surface area contributed by atoms with Crippen LogP contribution in [0.25, 0.3) is 0 Å². The van der Waals surface area contributed by atoms with Gasteiger partial charge in [-0.3, -0.25) is 25.7 Å². The van der Waals surface area contributed by atoms with E-state index in [0.717, 1.165) is 10.9 Å². The van der Waals surface area contributed by atoms with Crippen LogP contribution in [0.2, 0.25) is 4.34 Å². The third-order valence-corrected chi connectivity index (χ3v) is 4.00. The zero-order valence-corrected chi connectivity index (χ0v) is 12.7. The Balaban J connectivity index is 2.29. The van der Waals surface area contributed by atoms with Crippen molar-refractivity contribution in [1.82, 2.24) is 0 Å². The normalized spacial score (nSPS) is 11.3. The van der Waals surface area contributed by atoms with E-state index in [0.29, 0.717) is 10.0 Å². The van der Waals surface area contributed by atoms with Crippen molar-refractivity contribution in [1.29, 1.82) is 0 Å². The fourth-order valence-electron chi connectivity index (χ4n) is 1.59. The lowest BCUT2D eigenvalue weighted by Crippen LogP contribution is -2.01. The number of nitrogens with one attached hydrogen (secondary N) is 1. The largest absolute Gasteiger partial charge is 0.301 e. The molecule has 1 heterocycles.